The van der Waals surface area contributed by atoms with Gasteiger partial charge in [0.25, 0.3) is 0 Å². The van der Waals surface area contributed by atoms with Crippen molar-refractivity contribution in [3.8, 4) is 5.75 Å². The summed E-state index contributed by atoms with van der Waals surface area (Å²) in [6.45, 7) is 2.83. The van der Waals surface area contributed by atoms with Crippen LogP contribution in [0.5, 0.6) is 5.75 Å². The minimum absolute atomic E-state index is 0.101. The Labute approximate surface area is 100 Å². The lowest BCUT2D eigenvalue weighted by Gasteiger charge is -2.52. The molecule has 3 rings (SSSR count). The molecule has 1 aromatic rings. The molecule has 2 aliphatic rings. The highest BCUT2D eigenvalue weighted by Crippen LogP contribution is 2.47. The average Bonchev–Trinajstić information content (AvgIpc) is 2.25. The Balaban J connectivity index is 2.13. The summed E-state index contributed by atoms with van der Waals surface area (Å²) in [5.74, 6) is 0.344. The molecular formula is C13H16N2O2. The second kappa shape index (κ2) is 3.39. The van der Waals surface area contributed by atoms with Crippen LogP contribution in [-0.4, -0.2) is 23.1 Å². The lowest BCUT2D eigenvalue weighted by molar-refractivity contribution is -0.124. The average molecular weight is 232 g/mol. The Hall–Kier alpha value is -1.71. The van der Waals surface area contributed by atoms with Crippen LogP contribution in [0.25, 0.3) is 0 Å². The summed E-state index contributed by atoms with van der Waals surface area (Å²) in [4.78, 5) is 14.3. The van der Waals surface area contributed by atoms with E-state index < -0.39 is 0 Å². The number of phenolic OH excluding ortho intramolecular Hbond substituents is 1. The number of nitrogens with one attached hydrogen (secondary N) is 1. The number of nitrogens with zero attached hydrogens (tertiary/aromatic N) is 1. The maximum Gasteiger partial charge on any atom is 0.250 e. The van der Waals surface area contributed by atoms with Crippen LogP contribution in [0, 0.1) is 0 Å². The molecule has 4 nitrogen and oxygen atoms in total. The first-order valence-electron chi connectivity index (χ1n) is 6.09. The number of anilines is 2. The van der Waals surface area contributed by atoms with Crippen molar-refractivity contribution in [1.29, 1.82) is 0 Å². The first-order chi connectivity index (χ1) is 8.17. The number of phenols is 1. The van der Waals surface area contributed by atoms with Crippen LogP contribution < -0.4 is 10.2 Å². The molecule has 0 bridgehead atoms. The van der Waals surface area contributed by atoms with Crippen molar-refractivity contribution in [2.24, 2.45) is 0 Å². The molecule has 1 heterocycles. The van der Waals surface area contributed by atoms with Gasteiger partial charge in [-0.15, -0.1) is 0 Å². The van der Waals surface area contributed by atoms with Crippen LogP contribution in [0.2, 0.25) is 0 Å². The SMILES string of the molecule is CCN1c2cc(O)ccc2NC(=O)C12CCC2. The van der Waals surface area contributed by atoms with E-state index in [0.717, 1.165) is 37.2 Å². The van der Waals surface area contributed by atoms with Gasteiger partial charge in [0.2, 0.25) is 5.91 Å². The van der Waals surface area contributed by atoms with Gasteiger partial charge in [-0.3, -0.25) is 4.79 Å². The van der Waals surface area contributed by atoms with Crippen molar-refractivity contribution in [3.63, 3.8) is 0 Å². The molecule has 1 aromatic carbocycles. The van der Waals surface area contributed by atoms with Crippen LogP contribution in [0.15, 0.2) is 18.2 Å². The lowest BCUT2D eigenvalue weighted by Crippen LogP contribution is -2.63. The maximum absolute atomic E-state index is 12.2. The predicted molar refractivity (Wildman–Crippen MR) is 66.3 cm³/mol. The first kappa shape index (κ1) is 10.4. The number of fused-ring (bicyclic) bond motifs is 1. The van der Waals surface area contributed by atoms with Crippen molar-refractivity contribution in [2.75, 3.05) is 16.8 Å². The van der Waals surface area contributed by atoms with Crippen molar-refractivity contribution in [1.82, 2.24) is 0 Å². The fraction of sp³-hybridized carbons (Fsp3) is 0.462. The highest BCUT2D eigenvalue weighted by molar-refractivity contribution is 6.07. The summed E-state index contributed by atoms with van der Waals surface area (Å²) in [5.41, 5.74) is 1.37. The zero-order valence-electron chi connectivity index (χ0n) is 9.86. The van der Waals surface area contributed by atoms with E-state index in [9.17, 15) is 9.90 Å². The molecule has 1 aliphatic carbocycles. The molecule has 0 aromatic heterocycles. The van der Waals surface area contributed by atoms with Gasteiger partial charge < -0.3 is 15.3 Å². The van der Waals surface area contributed by atoms with Crippen molar-refractivity contribution in [2.45, 2.75) is 31.7 Å². The van der Waals surface area contributed by atoms with Gasteiger partial charge in [-0.05, 0) is 38.3 Å². The van der Waals surface area contributed by atoms with E-state index in [-0.39, 0.29) is 17.2 Å². The third-order valence-electron chi connectivity index (χ3n) is 3.96. The Kier molecular flexibility index (Phi) is 2.08. The minimum atomic E-state index is -0.366. The Bertz CT molecular complexity index is 480. The van der Waals surface area contributed by atoms with E-state index in [1.54, 1.807) is 18.2 Å². The standard InChI is InChI=1S/C13H16N2O2/c1-2-15-11-8-9(16)4-5-10(11)14-12(17)13(15)6-3-7-13/h4-5,8,16H,2-3,6-7H2,1H3,(H,14,17). The molecule has 0 unspecified atom stereocenters. The van der Waals surface area contributed by atoms with E-state index >= 15 is 0 Å². The number of benzene rings is 1. The minimum Gasteiger partial charge on any atom is -0.508 e. The second-order valence-electron chi connectivity index (χ2n) is 4.78. The zero-order chi connectivity index (χ0) is 12.0. The van der Waals surface area contributed by atoms with E-state index in [2.05, 4.69) is 10.2 Å². The quantitative estimate of drug-likeness (QED) is 0.729. The number of amides is 1. The Morgan fingerprint density at radius 3 is 2.82 bits per heavy atom. The van der Waals surface area contributed by atoms with Crippen molar-refractivity contribution >= 4 is 17.3 Å². The summed E-state index contributed by atoms with van der Waals surface area (Å²) >= 11 is 0. The molecule has 0 saturated heterocycles. The van der Waals surface area contributed by atoms with Crippen LogP contribution in [0.3, 0.4) is 0 Å². The van der Waals surface area contributed by atoms with Gasteiger partial charge in [0, 0.05) is 12.6 Å². The van der Waals surface area contributed by atoms with E-state index in [0.29, 0.717) is 0 Å². The number of carbonyl (C=O) groups excluding carboxylic acids is 1. The molecule has 1 fully saturated rings. The van der Waals surface area contributed by atoms with Gasteiger partial charge in [0.1, 0.15) is 11.3 Å². The van der Waals surface area contributed by atoms with Gasteiger partial charge in [-0.2, -0.15) is 0 Å². The Morgan fingerprint density at radius 1 is 1.47 bits per heavy atom. The molecule has 4 heteroatoms. The van der Waals surface area contributed by atoms with Crippen LogP contribution in [0.4, 0.5) is 11.4 Å². The lowest BCUT2D eigenvalue weighted by atomic mass is 9.73. The molecular weight excluding hydrogens is 216 g/mol. The van der Waals surface area contributed by atoms with Gasteiger partial charge in [-0.1, -0.05) is 0 Å². The van der Waals surface area contributed by atoms with Gasteiger partial charge in [0.05, 0.1) is 11.4 Å². The molecule has 1 amide bonds. The fourth-order valence-electron chi connectivity index (χ4n) is 2.92. The summed E-state index contributed by atoms with van der Waals surface area (Å²) in [5, 5.41) is 12.5. The van der Waals surface area contributed by atoms with Gasteiger partial charge in [-0.25, -0.2) is 0 Å². The van der Waals surface area contributed by atoms with E-state index in [4.69, 9.17) is 0 Å². The predicted octanol–water partition coefficient (Wildman–Crippen LogP) is 2.09. The van der Waals surface area contributed by atoms with Gasteiger partial charge in [0.15, 0.2) is 0 Å². The maximum atomic E-state index is 12.2. The first-order valence-corrected chi connectivity index (χ1v) is 6.09. The molecule has 0 radical (unpaired) electrons. The summed E-state index contributed by atoms with van der Waals surface area (Å²) in [6.07, 6.45) is 2.90. The smallest absolute Gasteiger partial charge is 0.250 e. The normalized spacial score (nSPS) is 20.8. The fourth-order valence-corrected chi connectivity index (χ4v) is 2.92. The zero-order valence-corrected chi connectivity index (χ0v) is 9.86. The number of rotatable bonds is 1. The molecule has 90 valence electrons. The monoisotopic (exact) mass is 232 g/mol. The summed E-state index contributed by atoms with van der Waals surface area (Å²) in [7, 11) is 0. The highest BCUT2D eigenvalue weighted by Gasteiger charge is 2.51. The van der Waals surface area contributed by atoms with Crippen LogP contribution in [0.1, 0.15) is 26.2 Å². The number of likely N-dealkylation sites (N-methyl/N-ethyl adjacent to an activating group) is 1. The van der Waals surface area contributed by atoms with Crippen LogP contribution >= 0.6 is 0 Å². The van der Waals surface area contributed by atoms with Crippen molar-refractivity contribution in [3.05, 3.63) is 18.2 Å². The van der Waals surface area contributed by atoms with Crippen molar-refractivity contribution < 1.29 is 9.90 Å². The summed E-state index contributed by atoms with van der Waals surface area (Å²) < 4.78 is 0. The molecule has 2 N–H and O–H groups in total. The number of carbonyl (C=O) groups is 1. The topological polar surface area (TPSA) is 52.6 Å². The van der Waals surface area contributed by atoms with Gasteiger partial charge >= 0.3 is 0 Å². The largest absolute Gasteiger partial charge is 0.508 e. The van der Waals surface area contributed by atoms with E-state index in [1.165, 1.54) is 0 Å². The highest BCUT2D eigenvalue weighted by atomic mass is 16.3. The number of hydrogen-bond acceptors (Lipinski definition) is 3. The third kappa shape index (κ3) is 1.27. The second-order valence-corrected chi connectivity index (χ2v) is 4.78. The van der Waals surface area contributed by atoms with Crippen LogP contribution in [-0.2, 0) is 4.79 Å². The van der Waals surface area contributed by atoms with E-state index in [1.807, 2.05) is 6.92 Å². The summed E-state index contributed by atoms with van der Waals surface area (Å²) in [6, 6.07) is 5.10. The molecule has 1 spiro atoms. The Morgan fingerprint density at radius 2 is 2.24 bits per heavy atom. The molecule has 1 aliphatic heterocycles. The molecule has 17 heavy (non-hydrogen) atoms. The molecule has 1 saturated carbocycles. The number of hydrogen-bond donors (Lipinski definition) is 2. The number of aromatic hydroxyl groups is 1. The molecule has 0 atom stereocenters. The third-order valence-corrected chi connectivity index (χ3v) is 3.96.